The van der Waals surface area contributed by atoms with Crippen molar-refractivity contribution in [2.75, 3.05) is 20.3 Å². The van der Waals surface area contributed by atoms with Crippen molar-refractivity contribution in [2.24, 2.45) is 5.92 Å². The molecule has 1 N–H and O–H groups in total. The predicted molar refractivity (Wildman–Crippen MR) is 49.5 cm³/mol. The lowest BCUT2D eigenvalue weighted by Crippen LogP contribution is -2.52. The molecule has 1 heterocycles. The summed E-state index contributed by atoms with van der Waals surface area (Å²) in [4.78, 5) is 22.3. The lowest BCUT2D eigenvalue weighted by molar-refractivity contribution is -0.182. The molecule has 0 saturated carbocycles. The van der Waals surface area contributed by atoms with Crippen LogP contribution in [-0.4, -0.2) is 60.5 Å². The molecule has 2 unspecified atom stereocenters. The molecule has 0 radical (unpaired) electrons. The third-order valence-corrected chi connectivity index (χ3v) is 2.74. The zero-order valence-corrected chi connectivity index (χ0v) is 9.28. The SMILES string of the molecule is CN(C(=O)C(F)(F)C(F)F)C1COCC1C(=O)O. The van der Waals surface area contributed by atoms with Crippen LogP contribution in [-0.2, 0) is 14.3 Å². The number of nitrogens with zero attached hydrogens (tertiary/aromatic N) is 1. The molecular formula is C9H11F4NO4. The summed E-state index contributed by atoms with van der Waals surface area (Å²) in [6, 6.07) is -1.18. The molecule has 9 heteroatoms. The molecule has 1 rings (SSSR count). The molecule has 1 saturated heterocycles. The van der Waals surface area contributed by atoms with Gasteiger partial charge in [-0.05, 0) is 0 Å². The number of carbonyl (C=O) groups is 2. The number of likely N-dealkylation sites (N-methyl/N-ethyl adjacent to an activating group) is 1. The van der Waals surface area contributed by atoms with E-state index < -0.39 is 36.2 Å². The minimum atomic E-state index is -4.83. The molecule has 0 aromatic rings. The second-order valence-corrected chi connectivity index (χ2v) is 3.89. The number of halogens is 4. The van der Waals surface area contributed by atoms with Gasteiger partial charge in [0.1, 0.15) is 5.92 Å². The van der Waals surface area contributed by atoms with Crippen molar-refractivity contribution in [3.05, 3.63) is 0 Å². The minimum Gasteiger partial charge on any atom is -0.481 e. The van der Waals surface area contributed by atoms with Gasteiger partial charge in [-0.2, -0.15) is 8.78 Å². The third-order valence-electron chi connectivity index (χ3n) is 2.74. The van der Waals surface area contributed by atoms with Crippen molar-refractivity contribution in [1.82, 2.24) is 4.90 Å². The van der Waals surface area contributed by atoms with E-state index in [0.29, 0.717) is 4.90 Å². The summed E-state index contributed by atoms with van der Waals surface area (Å²) in [5, 5.41) is 8.77. The Morgan fingerprint density at radius 2 is 1.94 bits per heavy atom. The monoisotopic (exact) mass is 273 g/mol. The second kappa shape index (κ2) is 5.09. The van der Waals surface area contributed by atoms with Crippen LogP contribution < -0.4 is 0 Å². The van der Waals surface area contributed by atoms with Gasteiger partial charge in [0.05, 0.1) is 19.3 Å². The van der Waals surface area contributed by atoms with Crippen molar-refractivity contribution < 1.29 is 37.0 Å². The Labute approximate surface area is 99.3 Å². The van der Waals surface area contributed by atoms with E-state index in [4.69, 9.17) is 9.84 Å². The Morgan fingerprint density at radius 1 is 1.39 bits per heavy atom. The van der Waals surface area contributed by atoms with Crippen LogP contribution in [0.25, 0.3) is 0 Å². The topological polar surface area (TPSA) is 66.8 Å². The van der Waals surface area contributed by atoms with Crippen molar-refractivity contribution in [3.63, 3.8) is 0 Å². The number of amides is 1. The highest BCUT2D eigenvalue weighted by atomic mass is 19.3. The van der Waals surface area contributed by atoms with Crippen molar-refractivity contribution in [3.8, 4) is 0 Å². The number of carbonyl (C=O) groups excluding carboxylic acids is 1. The van der Waals surface area contributed by atoms with Crippen molar-refractivity contribution in [1.29, 1.82) is 0 Å². The standard InChI is InChI=1S/C9H11F4NO4/c1-14(8(17)9(12,13)7(10)11)5-3-18-2-4(5)6(15)16/h4-5,7H,2-3H2,1H3,(H,15,16). The fourth-order valence-corrected chi connectivity index (χ4v) is 1.64. The van der Waals surface area contributed by atoms with E-state index in [1.54, 1.807) is 0 Å². The number of aliphatic carboxylic acids is 1. The first-order chi connectivity index (χ1) is 8.19. The van der Waals surface area contributed by atoms with E-state index in [0.717, 1.165) is 7.05 Å². The average molecular weight is 273 g/mol. The molecule has 1 amide bonds. The summed E-state index contributed by atoms with van der Waals surface area (Å²) in [6.07, 6.45) is -4.14. The van der Waals surface area contributed by atoms with Crippen LogP contribution >= 0.6 is 0 Å². The van der Waals surface area contributed by atoms with Crippen LogP contribution in [0.15, 0.2) is 0 Å². The van der Waals surface area contributed by atoms with E-state index in [2.05, 4.69) is 0 Å². The van der Waals surface area contributed by atoms with Gasteiger partial charge in [0.25, 0.3) is 5.91 Å². The molecule has 1 fully saturated rings. The number of carboxylic acid groups (broad SMARTS) is 1. The maximum absolute atomic E-state index is 12.8. The van der Waals surface area contributed by atoms with Gasteiger partial charge in [-0.15, -0.1) is 0 Å². The Kier molecular flexibility index (Phi) is 4.15. The summed E-state index contributed by atoms with van der Waals surface area (Å²) in [7, 11) is 0.855. The van der Waals surface area contributed by atoms with Gasteiger partial charge in [0.15, 0.2) is 0 Å². The molecule has 0 aromatic carbocycles. The molecule has 18 heavy (non-hydrogen) atoms. The van der Waals surface area contributed by atoms with Gasteiger partial charge in [-0.1, -0.05) is 0 Å². The van der Waals surface area contributed by atoms with Crippen molar-refractivity contribution >= 4 is 11.9 Å². The molecule has 0 bridgehead atoms. The first-order valence-corrected chi connectivity index (χ1v) is 4.93. The predicted octanol–water partition coefficient (Wildman–Crippen LogP) is 0.445. The normalized spacial score (nSPS) is 24.3. The van der Waals surface area contributed by atoms with Crippen LogP contribution in [0.3, 0.4) is 0 Å². The van der Waals surface area contributed by atoms with Crippen LogP contribution in [0, 0.1) is 5.92 Å². The molecular weight excluding hydrogens is 262 g/mol. The Bertz CT molecular complexity index is 349. The van der Waals surface area contributed by atoms with Crippen LogP contribution in [0.2, 0.25) is 0 Å². The summed E-state index contributed by atoms with van der Waals surface area (Å²) in [5.41, 5.74) is 0. The number of hydrogen-bond donors (Lipinski definition) is 1. The maximum Gasteiger partial charge on any atom is 0.383 e. The molecule has 0 aliphatic carbocycles. The van der Waals surface area contributed by atoms with Crippen LogP contribution in [0.5, 0.6) is 0 Å². The lowest BCUT2D eigenvalue weighted by Gasteiger charge is -2.29. The Morgan fingerprint density at radius 3 is 2.39 bits per heavy atom. The largest absolute Gasteiger partial charge is 0.481 e. The van der Waals surface area contributed by atoms with Gasteiger partial charge in [-0.3, -0.25) is 9.59 Å². The molecule has 104 valence electrons. The molecule has 0 spiro atoms. The smallest absolute Gasteiger partial charge is 0.383 e. The first-order valence-electron chi connectivity index (χ1n) is 4.93. The summed E-state index contributed by atoms with van der Waals surface area (Å²) in [6.45, 7) is -0.531. The van der Waals surface area contributed by atoms with Gasteiger partial charge in [-0.25, -0.2) is 8.78 Å². The lowest BCUT2D eigenvalue weighted by atomic mass is 10.0. The molecule has 2 atom stereocenters. The number of alkyl halides is 4. The first kappa shape index (κ1) is 14.7. The van der Waals surface area contributed by atoms with Gasteiger partial charge < -0.3 is 14.7 Å². The van der Waals surface area contributed by atoms with E-state index >= 15 is 0 Å². The number of hydrogen-bond acceptors (Lipinski definition) is 3. The number of rotatable bonds is 4. The fraction of sp³-hybridized carbons (Fsp3) is 0.778. The van der Waals surface area contributed by atoms with Gasteiger partial charge in [0, 0.05) is 7.05 Å². The number of ether oxygens (including phenoxy) is 1. The summed E-state index contributed by atoms with van der Waals surface area (Å²) in [5.74, 6) is -9.48. The zero-order valence-electron chi connectivity index (χ0n) is 9.28. The highest BCUT2D eigenvalue weighted by Crippen LogP contribution is 2.28. The van der Waals surface area contributed by atoms with Crippen LogP contribution in [0.1, 0.15) is 0 Å². The van der Waals surface area contributed by atoms with E-state index in [1.807, 2.05) is 0 Å². The Balaban J connectivity index is 2.84. The summed E-state index contributed by atoms with van der Waals surface area (Å²) < 4.78 is 54.5. The fourth-order valence-electron chi connectivity index (χ4n) is 1.64. The molecule has 0 aromatic heterocycles. The quantitative estimate of drug-likeness (QED) is 0.755. The molecule has 1 aliphatic rings. The zero-order chi connectivity index (χ0) is 14.1. The van der Waals surface area contributed by atoms with E-state index in [9.17, 15) is 27.2 Å². The van der Waals surface area contributed by atoms with Crippen LogP contribution in [0.4, 0.5) is 17.6 Å². The second-order valence-electron chi connectivity index (χ2n) is 3.89. The maximum atomic E-state index is 12.8. The van der Waals surface area contributed by atoms with Gasteiger partial charge >= 0.3 is 18.3 Å². The minimum absolute atomic E-state index is 0.252. The molecule has 1 aliphatic heterocycles. The highest BCUT2D eigenvalue weighted by Gasteiger charge is 2.53. The van der Waals surface area contributed by atoms with E-state index in [1.165, 1.54) is 0 Å². The average Bonchev–Trinajstić information content (AvgIpc) is 2.75. The number of carboxylic acids is 1. The van der Waals surface area contributed by atoms with E-state index in [-0.39, 0.29) is 13.2 Å². The van der Waals surface area contributed by atoms with Crippen molar-refractivity contribution in [2.45, 2.75) is 18.4 Å². The highest BCUT2D eigenvalue weighted by molar-refractivity contribution is 5.85. The molecule has 5 nitrogen and oxygen atoms in total. The third kappa shape index (κ3) is 2.55. The van der Waals surface area contributed by atoms with Gasteiger partial charge in [0.2, 0.25) is 0 Å². The Hall–Kier alpha value is -1.38. The summed E-state index contributed by atoms with van der Waals surface area (Å²) >= 11 is 0.